The zero-order valence-electron chi connectivity index (χ0n) is 31.9. The number of hydrogen-bond acceptors (Lipinski definition) is 2. The zero-order valence-corrected chi connectivity index (χ0v) is 32.7. The van der Waals surface area contributed by atoms with Gasteiger partial charge in [0, 0.05) is 42.6 Å². The van der Waals surface area contributed by atoms with Gasteiger partial charge in [-0.05, 0) is 85.6 Å². The number of benzene rings is 9. The monoisotopic (exact) mass is 766 g/mol. The van der Waals surface area contributed by atoms with Crippen LogP contribution in [0.15, 0.2) is 206 Å². The third kappa shape index (κ3) is 4.48. The van der Waals surface area contributed by atoms with Gasteiger partial charge in [-0.3, -0.25) is 4.57 Å². The average Bonchev–Trinajstić information content (AvgIpc) is 3.97. The molecule has 13 rings (SSSR count). The van der Waals surface area contributed by atoms with Gasteiger partial charge in [0.2, 0.25) is 0 Å². The summed E-state index contributed by atoms with van der Waals surface area (Å²) in [5.74, 6) is 0.924. The maximum atomic E-state index is 5.53. The van der Waals surface area contributed by atoms with E-state index in [2.05, 4.69) is 211 Å². The van der Waals surface area contributed by atoms with E-state index in [1.54, 1.807) is 0 Å². The van der Waals surface area contributed by atoms with Crippen molar-refractivity contribution in [1.82, 2.24) is 9.55 Å². The van der Waals surface area contributed by atoms with Crippen molar-refractivity contribution in [2.24, 2.45) is 0 Å². The highest BCUT2D eigenvalue weighted by molar-refractivity contribution is 7.25. The third-order valence-corrected chi connectivity index (χ3v) is 13.9. The van der Waals surface area contributed by atoms with Gasteiger partial charge in [-0.2, -0.15) is 0 Å². The number of imidazole rings is 1. The van der Waals surface area contributed by atoms with Gasteiger partial charge < -0.3 is 0 Å². The molecule has 0 N–H and O–H groups in total. The van der Waals surface area contributed by atoms with Crippen LogP contribution < -0.4 is 0 Å². The van der Waals surface area contributed by atoms with Crippen LogP contribution in [0.5, 0.6) is 0 Å². The van der Waals surface area contributed by atoms with E-state index in [4.69, 9.17) is 4.98 Å². The summed E-state index contributed by atoms with van der Waals surface area (Å²) in [6.45, 7) is 0. The second-order valence-corrected chi connectivity index (χ2v) is 16.9. The Bertz CT molecular complexity index is 3430. The van der Waals surface area contributed by atoms with Crippen molar-refractivity contribution in [3.8, 4) is 61.8 Å². The summed E-state index contributed by atoms with van der Waals surface area (Å²) in [7, 11) is 0. The Morgan fingerprint density at radius 2 is 1.00 bits per heavy atom. The van der Waals surface area contributed by atoms with Gasteiger partial charge in [-0.25, -0.2) is 4.98 Å². The summed E-state index contributed by atoms with van der Waals surface area (Å²) in [6.07, 6.45) is 0. The van der Waals surface area contributed by atoms with Crippen LogP contribution in [-0.2, 0) is 5.41 Å². The van der Waals surface area contributed by atoms with Crippen molar-refractivity contribution in [2.75, 3.05) is 0 Å². The Labute approximate surface area is 346 Å². The Hall–Kier alpha value is -7.33. The van der Waals surface area contributed by atoms with Crippen LogP contribution in [0, 0.1) is 0 Å². The van der Waals surface area contributed by atoms with Gasteiger partial charge >= 0.3 is 0 Å². The zero-order chi connectivity index (χ0) is 38.7. The molecule has 2 aromatic heterocycles. The van der Waals surface area contributed by atoms with Crippen LogP contribution in [0.4, 0.5) is 0 Å². The standard InChI is InChI=1S/C56H34N2S/c1-4-16-36(17-5-1)53-54(37-18-6-2-7-19-37)58(39-22-8-3-9-23-39)55(57-53)38-30-31-42-45-33-49-44(34-51(45)59-50(42)32-38)43-26-14-20-35-21-15-29-48(52(35)43)56(49)46-27-12-10-24-40(46)41-25-11-13-28-47(41)56/h1-34H. The fourth-order valence-electron chi connectivity index (χ4n) is 10.4. The third-order valence-electron chi connectivity index (χ3n) is 12.8. The van der Waals surface area contributed by atoms with Gasteiger partial charge in [-0.15, -0.1) is 11.3 Å². The summed E-state index contributed by atoms with van der Waals surface area (Å²) >= 11 is 1.88. The molecular weight excluding hydrogens is 733 g/mol. The van der Waals surface area contributed by atoms with Gasteiger partial charge in [-0.1, -0.05) is 176 Å². The SMILES string of the molecule is c1ccc(-c2nc(-c3ccc4c(c3)sc3cc5c(cc34)C3(c4ccccc4-c4ccccc43)c3cccc4cccc-5c34)n(-c3ccccc3)c2-c2ccccc2)cc1. The van der Waals surface area contributed by atoms with Gasteiger partial charge in [0.1, 0.15) is 5.82 Å². The lowest BCUT2D eigenvalue weighted by Crippen LogP contribution is -2.31. The maximum absolute atomic E-state index is 5.53. The molecular formula is C56H34N2S. The van der Waals surface area contributed by atoms with Crippen molar-refractivity contribution in [1.29, 1.82) is 0 Å². The van der Waals surface area contributed by atoms with Crippen molar-refractivity contribution in [3.63, 3.8) is 0 Å². The molecule has 9 aromatic carbocycles. The number of nitrogens with zero attached hydrogens (tertiary/aromatic N) is 2. The van der Waals surface area contributed by atoms with Crippen molar-refractivity contribution < 1.29 is 0 Å². The first kappa shape index (κ1) is 32.7. The summed E-state index contributed by atoms with van der Waals surface area (Å²) in [4.78, 5) is 5.53. The maximum Gasteiger partial charge on any atom is 0.145 e. The first-order valence-electron chi connectivity index (χ1n) is 20.3. The van der Waals surface area contributed by atoms with Gasteiger partial charge in [0.05, 0.1) is 16.8 Å². The molecule has 11 aromatic rings. The minimum absolute atomic E-state index is 0.444. The van der Waals surface area contributed by atoms with E-state index in [0.29, 0.717) is 0 Å². The molecule has 0 aliphatic heterocycles. The highest BCUT2D eigenvalue weighted by Crippen LogP contribution is 2.62. The number of thiophene rings is 1. The van der Waals surface area contributed by atoms with Crippen LogP contribution in [0.3, 0.4) is 0 Å². The number of hydrogen-bond donors (Lipinski definition) is 0. The Morgan fingerprint density at radius 3 is 1.73 bits per heavy atom. The minimum atomic E-state index is -0.444. The van der Waals surface area contributed by atoms with E-state index >= 15 is 0 Å². The van der Waals surface area contributed by atoms with Gasteiger partial charge in [0.25, 0.3) is 0 Å². The molecule has 2 heterocycles. The molecule has 0 unspecified atom stereocenters. The second kappa shape index (κ2) is 12.3. The molecule has 0 saturated carbocycles. The molecule has 59 heavy (non-hydrogen) atoms. The molecule has 0 radical (unpaired) electrons. The first-order valence-corrected chi connectivity index (χ1v) is 21.1. The van der Waals surface area contributed by atoms with Crippen LogP contribution in [0.25, 0.3) is 92.8 Å². The van der Waals surface area contributed by atoms with Crippen molar-refractivity contribution >= 4 is 42.3 Å². The van der Waals surface area contributed by atoms with Crippen molar-refractivity contribution in [2.45, 2.75) is 5.41 Å². The quantitative estimate of drug-likeness (QED) is 0.174. The summed E-state index contributed by atoms with van der Waals surface area (Å²) in [5, 5.41) is 5.21. The topological polar surface area (TPSA) is 17.8 Å². The van der Waals surface area contributed by atoms with Gasteiger partial charge in [0.15, 0.2) is 0 Å². The molecule has 1 spiro atoms. The lowest BCUT2D eigenvalue weighted by atomic mass is 9.61. The molecule has 274 valence electrons. The molecule has 0 fully saturated rings. The van der Waals surface area contributed by atoms with E-state index < -0.39 is 5.41 Å². The minimum Gasteiger partial charge on any atom is -0.292 e. The summed E-state index contributed by atoms with van der Waals surface area (Å²) in [6, 6.07) is 75.9. The predicted octanol–water partition coefficient (Wildman–Crippen LogP) is 14.7. The molecule has 0 atom stereocenters. The molecule has 3 heteroatoms. The summed E-state index contributed by atoms with van der Waals surface area (Å²) in [5.41, 5.74) is 16.7. The summed E-state index contributed by atoms with van der Waals surface area (Å²) < 4.78 is 4.90. The highest BCUT2D eigenvalue weighted by Gasteiger charge is 2.50. The van der Waals surface area contributed by atoms with E-state index in [-0.39, 0.29) is 0 Å². The van der Waals surface area contributed by atoms with E-state index in [9.17, 15) is 0 Å². The first-order chi connectivity index (χ1) is 29.3. The normalized spacial score (nSPS) is 13.2. The Balaban J connectivity index is 1.09. The molecule has 2 aliphatic carbocycles. The largest absolute Gasteiger partial charge is 0.292 e. The second-order valence-electron chi connectivity index (χ2n) is 15.8. The number of rotatable bonds is 4. The molecule has 0 amide bonds. The molecule has 0 saturated heterocycles. The predicted molar refractivity (Wildman–Crippen MR) is 247 cm³/mol. The fourth-order valence-corrected chi connectivity index (χ4v) is 11.6. The van der Waals surface area contributed by atoms with Crippen LogP contribution >= 0.6 is 11.3 Å². The highest BCUT2D eigenvalue weighted by atomic mass is 32.1. The lowest BCUT2D eigenvalue weighted by molar-refractivity contribution is 0.775. The molecule has 2 aliphatic rings. The molecule has 2 nitrogen and oxygen atoms in total. The lowest BCUT2D eigenvalue weighted by Gasteiger charge is -2.40. The Morgan fingerprint density at radius 1 is 0.407 bits per heavy atom. The van der Waals surface area contributed by atoms with Crippen LogP contribution in [0.1, 0.15) is 22.3 Å². The average molecular weight is 767 g/mol. The van der Waals surface area contributed by atoms with Crippen LogP contribution in [0.2, 0.25) is 0 Å². The fraction of sp³-hybridized carbons (Fsp3) is 0.0179. The van der Waals surface area contributed by atoms with E-state index in [1.807, 2.05) is 11.3 Å². The Kier molecular flexibility index (Phi) is 6.84. The number of para-hydroxylation sites is 1. The number of fused-ring (bicyclic) bond motifs is 12. The van der Waals surface area contributed by atoms with E-state index in [1.165, 1.54) is 75.5 Å². The van der Waals surface area contributed by atoms with Crippen molar-refractivity contribution in [3.05, 3.63) is 229 Å². The number of aromatic nitrogens is 2. The molecule has 0 bridgehead atoms. The van der Waals surface area contributed by atoms with Crippen LogP contribution in [-0.4, -0.2) is 9.55 Å². The van der Waals surface area contributed by atoms with E-state index in [0.717, 1.165) is 39.6 Å². The smallest absolute Gasteiger partial charge is 0.145 e.